The van der Waals surface area contributed by atoms with Crippen molar-refractivity contribution in [2.45, 2.75) is 25.6 Å². The van der Waals surface area contributed by atoms with Gasteiger partial charge in [0.2, 0.25) is 5.91 Å². The molecule has 34 heavy (non-hydrogen) atoms. The summed E-state index contributed by atoms with van der Waals surface area (Å²) in [7, 11) is 0. The molecule has 2 aliphatic heterocycles. The minimum absolute atomic E-state index is 0.0298. The second-order valence-corrected chi connectivity index (χ2v) is 8.13. The van der Waals surface area contributed by atoms with Gasteiger partial charge in [0, 0.05) is 31.9 Å². The van der Waals surface area contributed by atoms with Gasteiger partial charge in [-0.05, 0) is 49.4 Å². The number of piperazine rings is 1. The summed E-state index contributed by atoms with van der Waals surface area (Å²) in [4.78, 5) is 42.4. The third-order valence-electron chi connectivity index (χ3n) is 6.05. The third kappa shape index (κ3) is 4.77. The Morgan fingerprint density at radius 1 is 1.00 bits per heavy atom. The first-order valence-electron chi connectivity index (χ1n) is 11.0. The zero-order valence-electron chi connectivity index (χ0n) is 18.5. The molecule has 0 saturated carbocycles. The number of imide groups is 1. The highest BCUT2D eigenvalue weighted by Crippen LogP contribution is 2.32. The lowest BCUT2D eigenvalue weighted by atomic mass is 10.1. The van der Waals surface area contributed by atoms with Crippen molar-refractivity contribution in [3.8, 4) is 0 Å². The predicted octanol–water partition coefficient (Wildman–Crippen LogP) is 3.34. The van der Waals surface area contributed by atoms with E-state index < -0.39 is 23.8 Å². The van der Waals surface area contributed by atoms with Crippen molar-refractivity contribution in [2.24, 2.45) is 0 Å². The van der Waals surface area contributed by atoms with Crippen LogP contribution in [-0.4, -0.2) is 61.5 Å². The highest BCUT2D eigenvalue weighted by Gasteiger charge is 2.43. The molecule has 2 aromatic rings. The van der Waals surface area contributed by atoms with E-state index in [4.69, 9.17) is 4.74 Å². The molecule has 4 rings (SSSR count). The molecule has 7 nitrogen and oxygen atoms in total. The van der Waals surface area contributed by atoms with E-state index in [9.17, 15) is 27.6 Å². The molecule has 0 spiro atoms. The van der Waals surface area contributed by atoms with E-state index in [1.807, 2.05) is 9.80 Å². The van der Waals surface area contributed by atoms with Crippen LogP contribution in [0.3, 0.4) is 0 Å². The number of esters is 1. The Hall–Kier alpha value is -3.40. The minimum Gasteiger partial charge on any atom is -0.462 e. The molecule has 0 aromatic heterocycles. The van der Waals surface area contributed by atoms with E-state index in [0.29, 0.717) is 43.1 Å². The van der Waals surface area contributed by atoms with Crippen molar-refractivity contribution in [2.75, 3.05) is 42.6 Å². The van der Waals surface area contributed by atoms with E-state index in [0.717, 1.165) is 17.0 Å². The van der Waals surface area contributed by atoms with Gasteiger partial charge in [-0.2, -0.15) is 13.2 Å². The molecular weight excluding hydrogens is 451 g/mol. The fourth-order valence-electron chi connectivity index (χ4n) is 4.30. The van der Waals surface area contributed by atoms with Crippen LogP contribution in [0.2, 0.25) is 0 Å². The summed E-state index contributed by atoms with van der Waals surface area (Å²) >= 11 is 0. The first-order valence-corrected chi connectivity index (χ1v) is 11.0. The van der Waals surface area contributed by atoms with E-state index in [2.05, 4.69) is 0 Å². The van der Waals surface area contributed by atoms with E-state index in [1.165, 1.54) is 30.3 Å². The third-order valence-corrected chi connectivity index (χ3v) is 6.05. The Morgan fingerprint density at radius 2 is 1.68 bits per heavy atom. The Kier molecular flexibility index (Phi) is 6.60. The Balaban J connectivity index is 1.41. The first-order chi connectivity index (χ1) is 16.2. The second kappa shape index (κ2) is 9.46. The number of nitrogens with zero attached hydrogens (tertiary/aromatic N) is 3. The average molecular weight is 475 g/mol. The van der Waals surface area contributed by atoms with Gasteiger partial charge in [0.15, 0.2) is 0 Å². The van der Waals surface area contributed by atoms with E-state index >= 15 is 0 Å². The minimum atomic E-state index is -4.41. The van der Waals surface area contributed by atoms with Crippen molar-refractivity contribution < 1.29 is 32.3 Å². The summed E-state index contributed by atoms with van der Waals surface area (Å²) in [5, 5.41) is 0. The number of amides is 2. The molecule has 0 unspecified atom stereocenters. The summed E-state index contributed by atoms with van der Waals surface area (Å²) in [6.07, 6.45) is -4.38. The van der Waals surface area contributed by atoms with E-state index in [1.54, 1.807) is 13.0 Å². The summed E-state index contributed by atoms with van der Waals surface area (Å²) < 4.78 is 44.0. The number of ether oxygens (including phenoxy) is 1. The molecule has 2 heterocycles. The molecule has 2 aliphatic rings. The Morgan fingerprint density at radius 3 is 2.29 bits per heavy atom. The number of halogens is 3. The summed E-state index contributed by atoms with van der Waals surface area (Å²) in [6, 6.07) is 10.7. The molecule has 10 heteroatoms. The van der Waals surface area contributed by atoms with Crippen LogP contribution in [0.5, 0.6) is 0 Å². The number of hydrogen-bond acceptors (Lipinski definition) is 6. The van der Waals surface area contributed by atoms with Crippen molar-refractivity contribution in [1.82, 2.24) is 4.90 Å². The van der Waals surface area contributed by atoms with Crippen molar-refractivity contribution >= 4 is 29.2 Å². The number of alkyl halides is 3. The van der Waals surface area contributed by atoms with Gasteiger partial charge in [0.05, 0.1) is 35.9 Å². The van der Waals surface area contributed by atoms with Gasteiger partial charge in [0.25, 0.3) is 5.91 Å². The lowest BCUT2D eigenvalue weighted by molar-refractivity contribution is -0.137. The van der Waals surface area contributed by atoms with Crippen molar-refractivity contribution in [1.29, 1.82) is 0 Å². The van der Waals surface area contributed by atoms with Gasteiger partial charge in [-0.3, -0.25) is 14.5 Å². The van der Waals surface area contributed by atoms with Crippen LogP contribution in [-0.2, 0) is 20.5 Å². The zero-order valence-corrected chi connectivity index (χ0v) is 18.5. The van der Waals surface area contributed by atoms with Crippen LogP contribution in [0, 0.1) is 0 Å². The average Bonchev–Trinajstić information content (AvgIpc) is 3.12. The number of hydrogen-bond donors (Lipinski definition) is 0. The first kappa shape index (κ1) is 23.7. The van der Waals surface area contributed by atoms with Crippen LogP contribution < -0.4 is 9.80 Å². The molecule has 2 aromatic carbocycles. The largest absolute Gasteiger partial charge is 0.462 e. The molecule has 2 fully saturated rings. The number of benzene rings is 2. The van der Waals surface area contributed by atoms with Crippen LogP contribution in [0.15, 0.2) is 48.5 Å². The SMILES string of the molecule is CCOC(=O)c1ccc(N2C(=O)C[C@@H](N3CCN(c4cccc(C(F)(F)F)c4)CC3)C2=O)cc1. The summed E-state index contributed by atoms with van der Waals surface area (Å²) in [5.74, 6) is -1.16. The normalized spacial score (nSPS) is 19.6. The van der Waals surface area contributed by atoms with Gasteiger partial charge >= 0.3 is 12.1 Å². The van der Waals surface area contributed by atoms with Gasteiger partial charge < -0.3 is 9.64 Å². The number of anilines is 2. The maximum atomic E-state index is 13.1. The second-order valence-electron chi connectivity index (χ2n) is 8.13. The monoisotopic (exact) mass is 475 g/mol. The predicted molar refractivity (Wildman–Crippen MR) is 119 cm³/mol. The maximum Gasteiger partial charge on any atom is 0.416 e. The Bertz CT molecular complexity index is 1080. The van der Waals surface area contributed by atoms with Crippen LogP contribution in [0.1, 0.15) is 29.3 Å². The van der Waals surface area contributed by atoms with Crippen LogP contribution in [0.25, 0.3) is 0 Å². The molecule has 0 bridgehead atoms. The van der Waals surface area contributed by atoms with Crippen LogP contribution in [0.4, 0.5) is 24.5 Å². The molecule has 0 N–H and O–H groups in total. The molecular formula is C24H24F3N3O4. The van der Waals surface area contributed by atoms with Gasteiger partial charge in [-0.15, -0.1) is 0 Å². The number of carbonyl (C=O) groups excluding carboxylic acids is 3. The van der Waals surface area contributed by atoms with Crippen molar-refractivity contribution in [3.05, 3.63) is 59.7 Å². The quantitative estimate of drug-likeness (QED) is 0.488. The topological polar surface area (TPSA) is 70.2 Å². The molecule has 180 valence electrons. The maximum absolute atomic E-state index is 13.1. The fraction of sp³-hybridized carbons (Fsp3) is 0.375. The van der Waals surface area contributed by atoms with Gasteiger partial charge in [-0.25, -0.2) is 9.69 Å². The molecule has 1 atom stereocenters. The zero-order chi connectivity index (χ0) is 24.5. The van der Waals surface area contributed by atoms with Gasteiger partial charge in [-0.1, -0.05) is 6.07 Å². The molecule has 2 saturated heterocycles. The van der Waals surface area contributed by atoms with E-state index in [-0.39, 0.29) is 24.8 Å². The fourth-order valence-corrected chi connectivity index (χ4v) is 4.30. The smallest absolute Gasteiger partial charge is 0.416 e. The number of carbonyl (C=O) groups is 3. The lowest BCUT2D eigenvalue weighted by Crippen LogP contribution is -2.52. The molecule has 0 aliphatic carbocycles. The number of rotatable bonds is 5. The highest BCUT2D eigenvalue weighted by atomic mass is 19.4. The molecule has 0 radical (unpaired) electrons. The standard InChI is InChI=1S/C24H24F3N3O4/c1-2-34-23(33)16-6-8-18(9-7-16)30-21(31)15-20(22(30)32)29-12-10-28(11-13-29)19-5-3-4-17(14-19)24(25,26)27/h3-9,14,20H,2,10-13,15H2,1H3/t20-/m1/s1. The highest BCUT2D eigenvalue weighted by molar-refractivity contribution is 6.22. The van der Waals surface area contributed by atoms with Crippen molar-refractivity contribution in [3.63, 3.8) is 0 Å². The lowest BCUT2D eigenvalue weighted by Gasteiger charge is -2.38. The molecule has 2 amide bonds. The van der Waals surface area contributed by atoms with Crippen LogP contribution >= 0.6 is 0 Å². The summed E-state index contributed by atoms with van der Waals surface area (Å²) in [5.41, 5.74) is 0.486. The van der Waals surface area contributed by atoms with Gasteiger partial charge in [0.1, 0.15) is 0 Å². The Labute approximate surface area is 194 Å². The summed E-state index contributed by atoms with van der Waals surface area (Å²) in [6.45, 7) is 3.70.